The third-order valence-corrected chi connectivity index (χ3v) is 4.86. The van der Waals surface area contributed by atoms with Gasteiger partial charge in [-0.3, -0.25) is 4.90 Å². The van der Waals surface area contributed by atoms with Crippen LogP contribution in [0.15, 0.2) is 22.7 Å². The lowest BCUT2D eigenvalue weighted by Crippen LogP contribution is -2.32. The molecule has 0 radical (unpaired) electrons. The fourth-order valence-electron chi connectivity index (χ4n) is 3.18. The molecule has 20 heavy (non-hydrogen) atoms. The second-order valence-corrected chi connectivity index (χ2v) is 6.44. The van der Waals surface area contributed by atoms with E-state index in [0.29, 0.717) is 12.6 Å². The van der Waals surface area contributed by atoms with E-state index in [2.05, 4.69) is 39.9 Å². The molecule has 0 saturated carbocycles. The fourth-order valence-corrected chi connectivity index (χ4v) is 3.73. The van der Waals surface area contributed by atoms with Crippen molar-refractivity contribution in [3.8, 4) is 5.75 Å². The van der Waals surface area contributed by atoms with Gasteiger partial charge in [-0.05, 0) is 58.9 Å². The lowest BCUT2D eigenvalue weighted by atomic mass is 10.0. The molecule has 1 heterocycles. The number of benzene rings is 1. The molecule has 0 amide bonds. The molecule has 1 fully saturated rings. The molecule has 3 nitrogen and oxygen atoms in total. The van der Waals surface area contributed by atoms with E-state index in [9.17, 15) is 0 Å². The second-order valence-electron chi connectivity index (χ2n) is 5.58. The minimum Gasteiger partial charge on any atom is -0.496 e. The molecule has 2 N–H and O–H groups in total. The summed E-state index contributed by atoms with van der Waals surface area (Å²) >= 11 is 3.57. The normalized spacial score (nSPS) is 21.1. The molecule has 1 aromatic rings. The smallest absolute Gasteiger partial charge is 0.133 e. The van der Waals surface area contributed by atoms with E-state index in [1.807, 2.05) is 6.07 Å². The molecular formula is C16H25BrN2O. The maximum absolute atomic E-state index is 6.04. The highest BCUT2D eigenvalue weighted by atomic mass is 79.9. The number of ether oxygens (including phenoxy) is 1. The molecular weight excluding hydrogens is 316 g/mol. The zero-order chi connectivity index (χ0) is 14.5. The van der Waals surface area contributed by atoms with E-state index in [1.54, 1.807) is 7.11 Å². The Morgan fingerprint density at radius 1 is 1.50 bits per heavy atom. The molecule has 2 rings (SSSR count). The zero-order valence-corrected chi connectivity index (χ0v) is 14.0. The van der Waals surface area contributed by atoms with Crippen LogP contribution >= 0.6 is 15.9 Å². The molecule has 2 atom stereocenters. The van der Waals surface area contributed by atoms with Crippen LogP contribution in [0.3, 0.4) is 0 Å². The van der Waals surface area contributed by atoms with Gasteiger partial charge in [0.25, 0.3) is 0 Å². The number of hydrogen-bond donors (Lipinski definition) is 1. The molecule has 1 aromatic carbocycles. The molecule has 4 heteroatoms. The summed E-state index contributed by atoms with van der Waals surface area (Å²) in [7, 11) is 1.69. The first-order valence-electron chi connectivity index (χ1n) is 7.47. The third kappa shape index (κ3) is 3.54. The quantitative estimate of drug-likeness (QED) is 0.860. The van der Waals surface area contributed by atoms with Crippen LogP contribution in [0.4, 0.5) is 0 Å². The standard InChI is InChI=1S/C16H25BrN2O/c1-3-4-12-7-8-19(11-12)15(10-18)13-5-6-16(20-2)14(17)9-13/h5-6,9,12,15H,3-4,7-8,10-11,18H2,1-2H3. The average Bonchev–Trinajstić information content (AvgIpc) is 2.89. The molecule has 112 valence electrons. The van der Waals surface area contributed by atoms with Crippen molar-refractivity contribution in [2.45, 2.75) is 32.2 Å². The molecule has 1 aliphatic heterocycles. The third-order valence-electron chi connectivity index (χ3n) is 4.24. The minimum absolute atomic E-state index is 0.319. The van der Waals surface area contributed by atoms with E-state index >= 15 is 0 Å². The van der Waals surface area contributed by atoms with Gasteiger partial charge in [-0.25, -0.2) is 0 Å². The van der Waals surface area contributed by atoms with Gasteiger partial charge in [0.15, 0.2) is 0 Å². The van der Waals surface area contributed by atoms with E-state index in [4.69, 9.17) is 10.5 Å². The van der Waals surface area contributed by atoms with Crippen molar-refractivity contribution < 1.29 is 4.74 Å². The summed E-state index contributed by atoms with van der Waals surface area (Å²) < 4.78 is 6.30. The van der Waals surface area contributed by atoms with Gasteiger partial charge in [-0.2, -0.15) is 0 Å². The molecule has 1 aliphatic rings. The lowest BCUT2D eigenvalue weighted by molar-refractivity contribution is 0.239. The van der Waals surface area contributed by atoms with Crippen LogP contribution in [0.5, 0.6) is 5.75 Å². The monoisotopic (exact) mass is 340 g/mol. The fraction of sp³-hybridized carbons (Fsp3) is 0.625. The van der Waals surface area contributed by atoms with Crippen molar-refractivity contribution in [2.24, 2.45) is 11.7 Å². The first-order chi connectivity index (χ1) is 9.69. The number of nitrogens with zero attached hydrogens (tertiary/aromatic N) is 1. The Bertz CT molecular complexity index is 438. The lowest BCUT2D eigenvalue weighted by Gasteiger charge is -2.27. The van der Waals surface area contributed by atoms with Crippen LogP contribution in [0, 0.1) is 5.92 Å². The topological polar surface area (TPSA) is 38.5 Å². The first kappa shape index (κ1) is 15.8. The molecule has 0 aliphatic carbocycles. The predicted octanol–water partition coefficient (Wildman–Crippen LogP) is 3.58. The molecule has 1 saturated heterocycles. The zero-order valence-electron chi connectivity index (χ0n) is 12.4. The Morgan fingerprint density at radius 3 is 2.90 bits per heavy atom. The summed E-state index contributed by atoms with van der Waals surface area (Å²) in [5, 5.41) is 0. The predicted molar refractivity (Wildman–Crippen MR) is 87.1 cm³/mol. The van der Waals surface area contributed by atoms with Crippen LogP contribution in [0.1, 0.15) is 37.8 Å². The summed E-state index contributed by atoms with van der Waals surface area (Å²) in [6.07, 6.45) is 3.92. The highest BCUT2D eigenvalue weighted by Gasteiger charge is 2.28. The summed E-state index contributed by atoms with van der Waals surface area (Å²) in [5.74, 6) is 1.71. The molecule has 2 unspecified atom stereocenters. The van der Waals surface area contributed by atoms with Gasteiger partial charge in [0.2, 0.25) is 0 Å². The summed E-state index contributed by atoms with van der Waals surface area (Å²) in [4.78, 5) is 2.54. The Kier molecular flexibility index (Phi) is 5.87. The summed E-state index contributed by atoms with van der Waals surface area (Å²) in [6.45, 7) is 5.27. The average molecular weight is 341 g/mol. The highest BCUT2D eigenvalue weighted by Crippen LogP contribution is 2.33. The largest absolute Gasteiger partial charge is 0.496 e. The summed E-state index contributed by atoms with van der Waals surface area (Å²) in [6, 6.07) is 6.61. The number of rotatable bonds is 6. The Morgan fingerprint density at radius 2 is 2.30 bits per heavy atom. The van der Waals surface area contributed by atoms with Crippen molar-refractivity contribution in [2.75, 3.05) is 26.7 Å². The van der Waals surface area contributed by atoms with E-state index < -0.39 is 0 Å². The van der Waals surface area contributed by atoms with Gasteiger partial charge in [-0.15, -0.1) is 0 Å². The van der Waals surface area contributed by atoms with Crippen molar-refractivity contribution in [3.63, 3.8) is 0 Å². The van der Waals surface area contributed by atoms with Crippen molar-refractivity contribution in [3.05, 3.63) is 28.2 Å². The van der Waals surface area contributed by atoms with E-state index in [-0.39, 0.29) is 0 Å². The van der Waals surface area contributed by atoms with Gasteiger partial charge in [0, 0.05) is 19.1 Å². The number of nitrogens with two attached hydrogens (primary N) is 1. The maximum Gasteiger partial charge on any atom is 0.133 e. The number of likely N-dealkylation sites (tertiary alicyclic amines) is 1. The number of halogens is 1. The SMILES string of the molecule is CCCC1CCN(C(CN)c2ccc(OC)c(Br)c2)C1. The maximum atomic E-state index is 6.04. The van der Waals surface area contributed by atoms with Crippen LogP contribution < -0.4 is 10.5 Å². The van der Waals surface area contributed by atoms with Crippen molar-refractivity contribution >= 4 is 15.9 Å². The number of hydrogen-bond acceptors (Lipinski definition) is 3. The minimum atomic E-state index is 0.319. The van der Waals surface area contributed by atoms with Crippen LogP contribution in [0.25, 0.3) is 0 Å². The van der Waals surface area contributed by atoms with Gasteiger partial charge < -0.3 is 10.5 Å². The Labute approximate surface area is 130 Å². The number of methoxy groups -OCH3 is 1. The molecule has 0 spiro atoms. The van der Waals surface area contributed by atoms with Crippen LogP contribution in [-0.4, -0.2) is 31.6 Å². The van der Waals surface area contributed by atoms with Crippen molar-refractivity contribution in [1.82, 2.24) is 4.90 Å². The highest BCUT2D eigenvalue weighted by molar-refractivity contribution is 9.10. The van der Waals surface area contributed by atoms with Gasteiger partial charge in [-0.1, -0.05) is 19.4 Å². The molecule has 0 bridgehead atoms. The van der Waals surface area contributed by atoms with Gasteiger partial charge >= 0.3 is 0 Å². The van der Waals surface area contributed by atoms with Gasteiger partial charge in [0.1, 0.15) is 5.75 Å². The summed E-state index contributed by atoms with van der Waals surface area (Å²) in [5.41, 5.74) is 7.31. The Hall–Kier alpha value is -0.580. The van der Waals surface area contributed by atoms with E-state index in [0.717, 1.165) is 22.7 Å². The van der Waals surface area contributed by atoms with Crippen LogP contribution in [-0.2, 0) is 0 Å². The second kappa shape index (κ2) is 7.43. The van der Waals surface area contributed by atoms with Crippen molar-refractivity contribution in [1.29, 1.82) is 0 Å². The van der Waals surface area contributed by atoms with Crippen LogP contribution in [0.2, 0.25) is 0 Å². The Balaban J connectivity index is 2.10. The molecule has 0 aromatic heterocycles. The van der Waals surface area contributed by atoms with E-state index in [1.165, 1.54) is 31.4 Å². The van der Waals surface area contributed by atoms with Gasteiger partial charge in [0.05, 0.1) is 11.6 Å². The first-order valence-corrected chi connectivity index (χ1v) is 8.26.